The highest BCUT2D eigenvalue weighted by atomic mass is 19.1. The summed E-state index contributed by atoms with van der Waals surface area (Å²) in [7, 11) is 1.84. The molecule has 1 N–H and O–H groups in total. The first kappa shape index (κ1) is 12.5. The molecule has 0 amide bonds. The minimum atomic E-state index is -0.209. The molecule has 3 aromatic rings. The SMILES string of the molecule is Cn1ncc2c(NCCc3cccc(F)c3)ncnc21. The number of anilines is 1. The molecule has 0 spiro atoms. The molecule has 0 radical (unpaired) electrons. The van der Waals surface area contributed by atoms with Gasteiger partial charge in [-0.25, -0.2) is 14.4 Å². The Morgan fingerprint density at radius 2 is 2.20 bits per heavy atom. The number of aryl methyl sites for hydroxylation is 1. The third kappa shape index (κ3) is 2.45. The number of halogens is 1. The molecule has 20 heavy (non-hydrogen) atoms. The minimum Gasteiger partial charge on any atom is -0.369 e. The number of nitrogens with one attached hydrogen (secondary N) is 1. The standard InChI is InChI=1S/C14H14FN5/c1-20-14-12(8-19-20)13(17-9-18-14)16-6-5-10-3-2-4-11(15)7-10/h2-4,7-9H,5-6H2,1H3,(H,16,17,18). The maximum Gasteiger partial charge on any atom is 0.163 e. The summed E-state index contributed by atoms with van der Waals surface area (Å²) in [6.45, 7) is 0.671. The topological polar surface area (TPSA) is 55.6 Å². The van der Waals surface area contributed by atoms with Crippen molar-refractivity contribution in [2.24, 2.45) is 7.05 Å². The lowest BCUT2D eigenvalue weighted by molar-refractivity contribution is 0.625. The molecule has 0 atom stereocenters. The molecule has 0 aliphatic heterocycles. The van der Waals surface area contributed by atoms with E-state index in [2.05, 4.69) is 20.4 Å². The maximum absolute atomic E-state index is 13.1. The minimum absolute atomic E-state index is 0.209. The Bertz CT molecular complexity index is 737. The van der Waals surface area contributed by atoms with E-state index in [1.807, 2.05) is 13.1 Å². The Balaban J connectivity index is 1.71. The molecule has 2 heterocycles. The number of fused-ring (bicyclic) bond motifs is 1. The largest absolute Gasteiger partial charge is 0.369 e. The summed E-state index contributed by atoms with van der Waals surface area (Å²) in [5.74, 6) is 0.540. The summed E-state index contributed by atoms with van der Waals surface area (Å²) in [6.07, 6.45) is 3.97. The van der Waals surface area contributed by atoms with Gasteiger partial charge in [-0.15, -0.1) is 0 Å². The van der Waals surface area contributed by atoms with E-state index in [4.69, 9.17) is 0 Å². The fourth-order valence-corrected chi connectivity index (χ4v) is 2.12. The number of hydrogen-bond acceptors (Lipinski definition) is 4. The molecule has 0 aliphatic rings. The molecular formula is C14H14FN5. The Hall–Kier alpha value is -2.50. The molecular weight excluding hydrogens is 257 g/mol. The fraction of sp³-hybridized carbons (Fsp3) is 0.214. The molecule has 0 bridgehead atoms. The predicted octanol–water partition coefficient (Wildman–Crippen LogP) is 2.16. The Kier molecular flexibility index (Phi) is 3.28. The van der Waals surface area contributed by atoms with Crippen LogP contribution in [0.3, 0.4) is 0 Å². The van der Waals surface area contributed by atoms with Gasteiger partial charge in [0.05, 0.1) is 11.6 Å². The monoisotopic (exact) mass is 271 g/mol. The average molecular weight is 271 g/mol. The quantitative estimate of drug-likeness (QED) is 0.790. The van der Waals surface area contributed by atoms with E-state index in [0.29, 0.717) is 6.54 Å². The predicted molar refractivity (Wildman–Crippen MR) is 74.9 cm³/mol. The second kappa shape index (κ2) is 5.24. The van der Waals surface area contributed by atoms with Crippen LogP contribution >= 0.6 is 0 Å². The summed E-state index contributed by atoms with van der Waals surface area (Å²) < 4.78 is 14.8. The first-order chi connectivity index (χ1) is 9.74. The molecule has 5 nitrogen and oxygen atoms in total. The normalized spacial score (nSPS) is 10.9. The van der Waals surface area contributed by atoms with Crippen molar-refractivity contribution in [2.75, 3.05) is 11.9 Å². The van der Waals surface area contributed by atoms with E-state index >= 15 is 0 Å². The zero-order valence-electron chi connectivity index (χ0n) is 11.0. The van der Waals surface area contributed by atoms with Crippen LogP contribution in [-0.2, 0) is 13.5 Å². The number of rotatable bonds is 4. The van der Waals surface area contributed by atoms with E-state index in [1.54, 1.807) is 23.0 Å². The zero-order valence-corrected chi connectivity index (χ0v) is 11.0. The van der Waals surface area contributed by atoms with Crippen LogP contribution in [0.2, 0.25) is 0 Å². The fourth-order valence-electron chi connectivity index (χ4n) is 2.12. The average Bonchev–Trinajstić information content (AvgIpc) is 2.82. The third-order valence-corrected chi connectivity index (χ3v) is 3.12. The lowest BCUT2D eigenvalue weighted by Crippen LogP contribution is -2.07. The highest BCUT2D eigenvalue weighted by molar-refractivity contribution is 5.85. The Labute approximate surface area is 115 Å². The van der Waals surface area contributed by atoms with Crippen LogP contribution in [0.15, 0.2) is 36.8 Å². The molecule has 2 aromatic heterocycles. The van der Waals surface area contributed by atoms with Crippen molar-refractivity contribution in [2.45, 2.75) is 6.42 Å². The zero-order chi connectivity index (χ0) is 13.9. The number of hydrogen-bond donors (Lipinski definition) is 1. The van der Waals surface area contributed by atoms with E-state index in [-0.39, 0.29) is 5.82 Å². The van der Waals surface area contributed by atoms with E-state index < -0.39 is 0 Å². The van der Waals surface area contributed by atoms with Gasteiger partial charge in [-0.1, -0.05) is 12.1 Å². The van der Waals surface area contributed by atoms with Gasteiger partial charge in [0.1, 0.15) is 18.0 Å². The molecule has 102 valence electrons. The van der Waals surface area contributed by atoms with Gasteiger partial charge in [-0.2, -0.15) is 5.10 Å². The van der Waals surface area contributed by atoms with Gasteiger partial charge in [0.2, 0.25) is 0 Å². The molecule has 0 saturated carbocycles. The number of aromatic nitrogens is 4. The van der Waals surface area contributed by atoms with Crippen molar-refractivity contribution in [3.05, 3.63) is 48.2 Å². The first-order valence-corrected chi connectivity index (χ1v) is 6.35. The van der Waals surface area contributed by atoms with Crippen molar-refractivity contribution >= 4 is 16.9 Å². The summed E-state index contributed by atoms with van der Waals surface area (Å²) in [5.41, 5.74) is 1.74. The summed E-state index contributed by atoms with van der Waals surface area (Å²) in [6, 6.07) is 6.61. The van der Waals surface area contributed by atoms with Crippen LogP contribution < -0.4 is 5.32 Å². The van der Waals surface area contributed by atoms with Crippen molar-refractivity contribution in [1.82, 2.24) is 19.7 Å². The summed E-state index contributed by atoms with van der Waals surface area (Å²) >= 11 is 0. The van der Waals surface area contributed by atoms with Gasteiger partial charge < -0.3 is 5.32 Å². The van der Waals surface area contributed by atoms with Gasteiger partial charge in [-0.3, -0.25) is 4.68 Å². The van der Waals surface area contributed by atoms with Crippen molar-refractivity contribution in [1.29, 1.82) is 0 Å². The molecule has 0 saturated heterocycles. The smallest absolute Gasteiger partial charge is 0.163 e. The molecule has 0 unspecified atom stereocenters. The first-order valence-electron chi connectivity index (χ1n) is 6.35. The Morgan fingerprint density at radius 1 is 1.30 bits per heavy atom. The van der Waals surface area contributed by atoms with E-state index in [0.717, 1.165) is 28.8 Å². The van der Waals surface area contributed by atoms with Crippen molar-refractivity contribution < 1.29 is 4.39 Å². The van der Waals surface area contributed by atoms with Crippen molar-refractivity contribution in [3.8, 4) is 0 Å². The second-order valence-corrected chi connectivity index (χ2v) is 4.53. The highest BCUT2D eigenvalue weighted by Gasteiger charge is 2.06. The van der Waals surface area contributed by atoms with Crippen LogP contribution in [0.25, 0.3) is 11.0 Å². The second-order valence-electron chi connectivity index (χ2n) is 4.53. The van der Waals surface area contributed by atoms with E-state index in [1.165, 1.54) is 12.4 Å². The molecule has 1 aromatic carbocycles. The van der Waals surface area contributed by atoms with Gasteiger partial charge in [-0.05, 0) is 24.1 Å². The van der Waals surface area contributed by atoms with Crippen LogP contribution in [0.4, 0.5) is 10.2 Å². The lowest BCUT2D eigenvalue weighted by Gasteiger charge is -2.06. The molecule has 3 rings (SSSR count). The summed E-state index contributed by atoms with van der Waals surface area (Å²) in [5, 5.41) is 8.28. The van der Waals surface area contributed by atoms with E-state index in [9.17, 15) is 4.39 Å². The van der Waals surface area contributed by atoms with Crippen LogP contribution in [0, 0.1) is 5.82 Å². The van der Waals surface area contributed by atoms with Crippen molar-refractivity contribution in [3.63, 3.8) is 0 Å². The lowest BCUT2D eigenvalue weighted by atomic mass is 10.1. The Morgan fingerprint density at radius 3 is 3.05 bits per heavy atom. The highest BCUT2D eigenvalue weighted by Crippen LogP contribution is 2.17. The third-order valence-electron chi connectivity index (χ3n) is 3.12. The molecule has 0 fully saturated rings. The summed E-state index contributed by atoms with van der Waals surface area (Å²) in [4.78, 5) is 8.40. The molecule has 0 aliphatic carbocycles. The van der Waals surface area contributed by atoms with Gasteiger partial charge in [0.15, 0.2) is 5.65 Å². The number of benzene rings is 1. The molecule has 6 heteroatoms. The van der Waals surface area contributed by atoms with Crippen LogP contribution in [-0.4, -0.2) is 26.3 Å². The van der Waals surface area contributed by atoms with Crippen LogP contribution in [0.1, 0.15) is 5.56 Å². The van der Waals surface area contributed by atoms with Gasteiger partial charge in [0.25, 0.3) is 0 Å². The maximum atomic E-state index is 13.1. The van der Waals surface area contributed by atoms with Gasteiger partial charge in [0, 0.05) is 13.6 Å². The number of nitrogens with zero attached hydrogens (tertiary/aromatic N) is 4. The van der Waals surface area contributed by atoms with Gasteiger partial charge >= 0.3 is 0 Å². The van der Waals surface area contributed by atoms with Crippen LogP contribution in [0.5, 0.6) is 0 Å².